The van der Waals surface area contributed by atoms with Gasteiger partial charge in [0.25, 0.3) is 0 Å². The third-order valence-corrected chi connectivity index (χ3v) is 2.60. The molecule has 0 saturated carbocycles. The first-order valence-electron chi connectivity index (χ1n) is 5.48. The van der Waals surface area contributed by atoms with Crippen molar-refractivity contribution in [1.29, 1.82) is 0 Å². The van der Waals surface area contributed by atoms with Crippen LogP contribution in [0.2, 0.25) is 0 Å². The van der Waals surface area contributed by atoms with Gasteiger partial charge in [0, 0.05) is 12.8 Å². The number of carbonyl (C=O) groups excluding carboxylic acids is 2. The van der Waals surface area contributed by atoms with Crippen molar-refractivity contribution >= 4 is 11.9 Å². The Bertz CT molecular complexity index is 225. The quantitative estimate of drug-likeness (QED) is 0.500. The van der Waals surface area contributed by atoms with Crippen LogP contribution >= 0.6 is 0 Å². The summed E-state index contributed by atoms with van der Waals surface area (Å²) < 4.78 is 9.62. The van der Waals surface area contributed by atoms with Gasteiger partial charge in [0.2, 0.25) is 0 Å². The summed E-state index contributed by atoms with van der Waals surface area (Å²) in [7, 11) is 1.40. The summed E-state index contributed by atoms with van der Waals surface area (Å²) in [6, 6.07) is 0. The fourth-order valence-electron chi connectivity index (χ4n) is 1.71. The fourth-order valence-corrected chi connectivity index (χ4v) is 1.71. The third-order valence-electron chi connectivity index (χ3n) is 2.60. The summed E-state index contributed by atoms with van der Waals surface area (Å²) in [6.45, 7) is 0. The van der Waals surface area contributed by atoms with E-state index in [4.69, 9.17) is 4.74 Å². The van der Waals surface area contributed by atoms with Crippen molar-refractivity contribution in [1.82, 2.24) is 0 Å². The molecule has 1 aliphatic heterocycles. The van der Waals surface area contributed by atoms with Crippen LogP contribution < -0.4 is 0 Å². The first-order valence-corrected chi connectivity index (χ1v) is 5.48. The number of rotatable bonds is 6. The van der Waals surface area contributed by atoms with E-state index in [1.807, 2.05) is 0 Å². The van der Waals surface area contributed by atoms with Crippen LogP contribution in [0, 0.1) is 0 Å². The molecule has 0 aliphatic carbocycles. The van der Waals surface area contributed by atoms with Crippen molar-refractivity contribution in [3.8, 4) is 0 Å². The van der Waals surface area contributed by atoms with Gasteiger partial charge in [-0.05, 0) is 25.7 Å². The molecule has 1 aliphatic rings. The Morgan fingerprint density at radius 3 is 2.87 bits per heavy atom. The van der Waals surface area contributed by atoms with Gasteiger partial charge in [-0.1, -0.05) is 6.42 Å². The summed E-state index contributed by atoms with van der Waals surface area (Å²) in [5.74, 6) is -0.225. The van der Waals surface area contributed by atoms with Crippen molar-refractivity contribution in [2.75, 3.05) is 7.11 Å². The van der Waals surface area contributed by atoms with Gasteiger partial charge in [-0.25, -0.2) is 0 Å². The number of ether oxygens (including phenoxy) is 2. The summed E-state index contributed by atoms with van der Waals surface area (Å²) in [6.07, 6.45) is 5.80. The number of hydrogen-bond acceptors (Lipinski definition) is 4. The number of methoxy groups -OCH3 is 1. The van der Waals surface area contributed by atoms with Crippen LogP contribution in [0.15, 0.2) is 0 Å². The molecule has 0 unspecified atom stereocenters. The second kappa shape index (κ2) is 6.43. The van der Waals surface area contributed by atoms with Crippen LogP contribution in [0.1, 0.15) is 44.9 Å². The maximum Gasteiger partial charge on any atom is 0.306 e. The van der Waals surface area contributed by atoms with Gasteiger partial charge in [0.05, 0.1) is 7.11 Å². The number of carbonyl (C=O) groups is 2. The Hall–Kier alpha value is -1.06. The van der Waals surface area contributed by atoms with Crippen molar-refractivity contribution < 1.29 is 19.1 Å². The SMILES string of the molecule is COC(=O)CCCCC[C@H]1CCC(=O)O1. The lowest BCUT2D eigenvalue weighted by Gasteiger charge is -2.07. The van der Waals surface area contributed by atoms with Crippen LogP contribution in [0.4, 0.5) is 0 Å². The largest absolute Gasteiger partial charge is 0.469 e. The zero-order valence-corrected chi connectivity index (χ0v) is 9.16. The number of esters is 2. The summed E-state index contributed by atoms with van der Waals surface area (Å²) in [5, 5.41) is 0. The molecule has 0 bridgehead atoms. The summed E-state index contributed by atoms with van der Waals surface area (Å²) in [4.78, 5) is 21.6. The van der Waals surface area contributed by atoms with Crippen LogP contribution in [0.5, 0.6) is 0 Å². The average molecular weight is 214 g/mol. The minimum Gasteiger partial charge on any atom is -0.469 e. The number of unbranched alkanes of at least 4 members (excludes halogenated alkanes) is 2. The van der Waals surface area contributed by atoms with Crippen molar-refractivity contribution in [2.24, 2.45) is 0 Å². The molecule has 0 aromatic rings. The van der Waals surface area contributed by atoms with Crippen LogP contribution in [-0.2, 0) is 19.1 Å². The first kappa shape index (κ1) is 12.0. The lowest BCUT2D eigenvalue weighted by Crippen LogP contribution is -2.06. The van der Waals surface area contributed by atoms with Crippen molar-refractivity contribution in [3.63, 3.8) is 0 Å². The number of cyclic esters (lactones) is 1. The molecule has 1 saturated heterocycles. The Morgan fingerprint density at radius 2 is 2.27 bits per heavy atom. The maximum atomic E-state index is 10.8. The molecule has 0 N–H and O–H groups in total. The number of hydrogen-bond donors (Lipinski definition) is 0. The molecule has 0 aromatic carbocycles. The molecule has 4 nitrogen and oxygen atoms in total. The van der Waals surface area contributed by atoms with Gasteiger partial charge in [0.15, 0.2) is 0 Å². The lowest BCUT2D eigenvalue weighted by atomic mass is 10.1. The van der Waals surface area contributed by atoms with E-state index in [0.717, 1.165) is 32.1 Å². The Morgan fingerprint density at radius 1 is 1.47 bits per heavy atom. The van der Waals surface area contributed by atoms with Gasteiger partial charge >= 0.3 is 11.9 Å². The molecule has 0 aromatic heterocycles. The van der Waals surface area contributed by atoms with E-state index in [1.54, 1.807) is 0 Å². The molecule has 1 heterocycles. The van der Waals surface area contributed by atoms with E-state index in [-0.39, 0.29) is 18.0 Å². The Labute approximate surface area is 89.9 Å². The van der Waals surface area contributed by atoms with Gasteiger partial charge in [-0.15, -0.1) is 0 Å². The van der Waals surface area contributed by atoms with E-state index in [2.05, 4.69) is 4.74 Å². The smallest absolute Gasteiger partial charge is 0.306 e. The molecule has 0 amide bonds. The van der Waals surface area contributed by atoms with E-state index in [0.29, 0.717) is 12.8 Å². The summed E-state index contributed by atoms with van der Waals surface area (Å²) >= 11 is 0. The van der Waals surface area contributed by atoms with Crippen LogP contribution in [0.25, 0.3) is 0 Å². The highest BCUT2D eigenvalue weighted by Crippen LogP contribution is 2.19. The minimum atomic E-state index is -0.151. The highest BCUT2D eigenvalue weighted by atomic mass is 16.5. The van der Waals surface area contributed by atoms with E-state index in [9.17, 15) is 9.59 Å². The highest BCUT2D eigenvalue weighted by Gasteiger charge is 2.22. The average Bonchev–Trinajstić information content (AvgIpc) is 2.63. The highest BCUT2D eigenvalue weighted by molar-refractivity contribution is 5.71. The fraction of sp³-hybridized carbons (Fsp3) is 0.818. The van der Waals surface area contributed by atoms with E-state index >= 15 is 0 Å². The van der Waals surface area contributed by atoms with Gasteiger partial charge in [0.1, 0.15) is 6.10 Å². The van der Waals surface area contributed by atoms with Gasteiger partial charge < -0.3 is 9.47 Å². The molecule has 0 spiro atoms. The topological polar surface area (TPSA) is 52.6 Å². The molecule has 1 atom stereocenters. The predicted molar refractivity (Wildman–Crippen MR) is 54.2 cm³/mol. The second-order valence-corrected chi connectivity index (χ2v) is 3.83. The van der Waals surface area contributed by atoms with Crippen molar-refractivity contribution in [3.05, 3.63) is 0 Å². The molecular weight excluding hydrogens is 196 g/mol. The zero-order valence-electron chi connectivity index (χ0n) is 9.16. The lowest BCUT2D eigenvalue weighted by molar-refractivity contribution is -0.141. The predicted octanol–water partition coefficient (Wildman–Crippen LogP) is 1.82. The van der Waals surface area contributed by atoms with E-state index in [1.165, 1.54) is 7.11 Å². The monoisotopic (exact) mass is 214 g/mol. The maximum absolute atomic E-state index is 10.8. The van der Waals surface area contributed by atoms with Crippen molar-refractivity contribution in [2.45, 2.75) is 51.0 Å². The van der Waals surface area contributed by atoms with Gasteiger partial charge in [-0.2, -0.15) is 0 Å². The second-order valence-electron chi connectivity index (χ2n) is 3.83. The Kier molecular flexibility index (Phi) is 5.15. The zero-order chi connectivity index (χ0) is 11.1. The first-order chi connectivity index (χ1) is 7.22. The van der Waals surface area contributed by atoms with Crippen LogP contribution in [0.3, 0.4) is 0 Å². The molecule has 86 valence electrons. The minimum absolute atomic E-state index is 0.0745. The Balaban J connectivity index is 1.93. The summed E-state index contributed by atoms with van der Waals surface area (Å²) in [5.41, 5.74) is 0. The molecule has 1 rings (SSSR count). The molecule has 4 heteroatoms. The van der Waals surface area contributed by atoms with Crippen LogP contribution in [-0.4, -0.2) is 25.2 Å². The molecule has 0 radical (unpaired) electrons. The normalized spacial score (nSPS) is 20.1. The molecule has 15 heavy (non-hydrogen) atoms. The standard InChI is InChI=1S/C11H18O4/c1-14-10(12)6-4-2-3-5-9-7-8-11(13)15-9/h9H,2-8H2,1H3/t9-/m0/s1. The third kappa shape index (κ3) is 4.81. The molecule has 1 fully saturated rings. The molecular formula is C11H18O4. The van der Waals surface area contributed by atoms with Gasteiger partial charge in [-0.3, -0.25) is 9.59 Å². The van der Waals surface area contributed by atoms with E-state index < -0.39 is 0 Å².